The number of allylic oxidation sites excluding steroid dienone is 1. The van der Waals surface area contributed by atoms with E-state index in [1.807, 2.05) is 6.07 Å². The lowest BCUT2D eigenvalue weighted by Gasteiger charge is -2.20. The van der Waals surface area contributed by atoms with Crippen LogP contribution in [0.1, 0.15) is 24.8 Å². The van der Waals surface area contributed by atoms with Crippen molar-refractivity contribution in [2.45, 2.75) is 25.0 Å². The molecule has 1 aromatic carbocycles. The molecule has 0 bridgehead atoms. The third kappa shape index (κ3) is 3.23. The first-order valence-electron chi connectivity index (χ1n) is 6.20. The van der Waals surface area contributed by atoms with Crippen molar-refractivity contribution in [3.05, 3.63) is 46.9 Å². The number of rotatable bonds is 4. The van der Waals surface area contributed by atoms with E-state index in [2.05, 4.69) is 0 Å². The van der Waals surface area contributed by atoms with Gasteiger partial charge >= 0.3 is 5.97 Å². The lowest BCUT2D eigenvalue weighted by molar-refractivity contribution is -0.140. The molecule has 19 heavy (non-hydrogen) atoms. The van der Waals surface area contributed by atoms with Crippen LogP contribution >= 0.6 is 0 Å². The molecule has 4 nitrogen and oxygen atoms in total. The highest BCUT2D eigenvalue weighted by Crippen LogP contribution is 2.31. The maximum absolute atomic E-state index is 12.3. The summed E-state index contributed by atoms with van der Waals surface area (Å²) in [5.41, 5.74) is 0.679. The van der Waals surface area contributed by atoms with Gasteiger partial charge in [0.2, 0.25) is 0 Å². The SMILES string of the molecule is O=C(O)C1CCCC=C1S(=O)(=O)Cc1ccccc1. The zero-order valence-electron chi connectivity index (χ0n) is 10.5. The highest BCUT2D eigenvalue weighted by atomic mass is 32.2. The first-order chi connectivity index (χ1) is 9.00. The Balaban J connectivity index is 2.28. The van der Waals surface area contributed by atoms with Gasteiger partial charge in [-0.2, -0.15) is 0 Å². The van der Waals surface area contributed by atoms with Crippen molar-refractivity contribution in [3.8, 4) is 0 Å². The first-order valence-corrected chi connectivity index (χ1v) is 7.85. The summed E-state index contributed by atoms with van der Waals surface area (Å²) in [4.78, 5) is 11.2. The molecule has 0 aromatic heterocycles. The number of carbonyl (C=O) groups is 1. The number of carboxylic acids is 1. The average molecular weight is 280 g/mol. The van der Waals surface area contributed by atoms with E-state index < -0.39 is 21.7 Å². The smallest absolute Gasteiger partial charge is 0.311 e. The second-order valence-corrected chi connectivity index (χ2v) is 6.66. The topological polar surface area (TPSA) is 71.4 Å². The lowest BCUT2D eigenvalue weighted by Crippen LogP contribution is -2.24. The number of hydrogen-bond donors (Lipinski definition) is 1. The predicted molar refractivity (Wildman–Crippen MR) is 72.1 cm³/mol. The molecule has 0 saturated carbocycles. The van der Waals surface area contributed by atoms with Gasteiger partial charge in [-0.05, 0) is 24.8 Å². The van der Waals surface area contributed by atoms with Gasteiger partial charge in [-0.3, -0.25) is 4.79 Å². The summed E-state index contributed by atoms with van der Waals surface area (Å²) in [6, 6.07) is 8.83. The molecular formula is C14H16O4S. The van der Waals surface area contributed by atoms with Crippen LogP contribution in [0.5, 0.6) is 0 Å². The zero-order chi connectivity index (χ0) is 13.9. The van der Waals surface area contributed by atoms with Gasteiger partial charge in [-0.1, -0.05) is 36.4 Å². The maximum atomic E-state index is 12.3. The van der Waals surface area contributed by atoms with E-state index in [4.69, 9.17) is 5.11 Å². The molecule has 0 saturated heterocycles. The second-order valence-electron chi connectivity index (χ2n) is 4.67. The molecule has 1 atom stereocenters. The number of hydrogen-bond acceptors (Lipinski definition) is 3. The van der Waals surface area contributed by atoms with E-state index in [9.17, 15) is 13.2 Å². The number of benzene rings is 1. The Morgan fingerprint density at radius 1 is 1.26 bits per heavy atom. The van der Waals surface area contributed by atoms with Crippen LogP contribution in [0.2, 0.25) is 0 Å². The van der Waals surface area contributed by atoms with Crippen LogP contribution < -0.4 is 0 Å². The van der Waals surface area contributed by atoms with Gasteiger partial charge in [0.25, 0.3) is 0 Å². The van der Waals surface area contributed by atoms with Crippen molar-refractivity contribution in [2.75, 3.05) is 0 Å². The Kier molecular flexibility index (Phi) is 4.04. The molecule has 1 N–H and O–H groups in total. The fourth-order valence-electron chi connectivity index (χ4n) is 2.32. The van der Waals surface area contributed by atoms with Crippen molar-refractivity contribution in [2.24, 2.45) is 5.92 Å². The van der Waals surface area contributed by atoms with E-state index in [-0.39, 0.29) is 10.7 Å². The molecule has 0 fully saturated rings. The predicted octanol–water partition coefficient (Wildman–Crippen LogP) is 2.37. The number of aliphatic carboxylic acids is 1. The molecule has 102 valence electrons. The fourth-order valence-corrected chi connectivity index (χ4v) is 4.14. The third-order valence-electron chi connectivity index (χ3n) is 3.24. The molecule has 1 aliphatic carbocycles. The van der Waals surface area contributed by atoms with Crippen molar-refractivity contribution in [1.29, 1.82) is 0 Å². The molecule has 0 amide bonds. The van der Waals surface area contributed by atoms with Gasteiger partial charge in [0.15, 0.2) is 9.84 Å². The second kappa shape index (κ2) is 5.57. The summed E-state index contributed by atoms with van der Waals surface area (Å²) in [6.07, 6.45) is 3.32. The Hall–Kier alpha value is -1.62. The Morgan fingerprint density at radius 2 is 1.95 bits per heavy atom. The Morgan fingerprint density at radius 3 is 2.58 bits per heavy atom. The van der Waals surface area contributed by atoms with E-state index in [0.29, 0.717) is 18.4 Å². The first kappa shape index (κ1) is 13.8. The van der Waals surface area contributed by atoms with Crippen LogP contribution in [0.15, 0.2) is 41.3 Å². The summed E-state index contributed by atoms with van der Waals surface area (Å²) in [7, 11) is -3.55. The monoisotopic (exact) mass is 280 g/mol. The molecule has 0 radical (unpaired) electrons. The van der Waals surface area contributed by atoms with Crippen LogP contribution in [-0.2, 0) is 20.4 Å². The standard InChI is InChI=1S/C14H16O4S/c15-14(16)12-8-4-5-9-13(12)19(17,18)10-11-6-2-1-3-7-11/h1-3,6-7,9,12H,4-5,8,10H2,(H,15,16). The average Bonchev–Trinajstić information content (AvgIpc) is 2.39. The number of sulfone groups is 1. The van der Waals surface area contributed by atoms with Gasteiger partial charge < -0.3 is 5.11 Å². The van der Waals surface area contributed by atoms with Gasteiger partial charge in [-0.25, -0.2) is 8.42 Å². The molecule has 1 aromatic rings. The van der Waals surface area contributed by atoms with Gasteiger partial charge in [0, 0.05) is 0 Å². The lowest BCUT2D eigenvalue weighted by atomic mass is 9.96. The van der Waals surface area contributed by atoms with Crippen LogP contribution in [0.3, 0.4) is 0 Å². The summed E-state index contributed by atoms with van der Waals surface area (Å²) in [6.45, 7) is 0. The summed E-state index contributed by atoms with van der Waals surface area (Å²) >= 11 is 0. The summed E-state index contributed by atoms with van der Waals surface area (Å²) in [5.74, 6) is -2.08. The van der Waals surface area contributed by atoms with Crippen molar-refractivity contribution in [1.82, 2.24) is 0 Å². The van der Waals surface area contributed by atoms with Crippen LogP contribution in [0.4, 0.5) is 0 Å². The quantitative estimate of drug-likeness (QED) is 0.919. The highest BCUT2D eigenvalue weighted by Gasteiger charge is 2.33. The molecular weight excluding hydrogens is 264 g/mol. The largest absolute Gasteiger partial charge is 0.481 e. The highest BCUT2D eigenvalue weighted by molar-refractivity contribution is 7.94. The third-order valence-corrected chi connectivity index (χ3v) is 5.13. The molecule has 1 unspecified atom stereocenters. The van der Waals surface area contributed by atoms with Gasteiger partial charge in [0.05, 0.1) is 16.6 Å². The zero-order valence-corrected chi connectivity index (χ0v) is 11.3. The maximum Gasteiger partial charge on any atom is 0.311 e. The molecule has 2 rings (SSSR count). The van der Waals surface area contributed by atoms with Gasteiger partial charge in [-0.15, -0.1) is 0 Å². The van der Waals surface area contributed by atoms with Crippen molar-refractivity contribution < 1.29 is 18.3 Å². The molecule has 0 aliphatic heterocycles. The summed E-state index contributed by atoms with van der Waals surface area (Å²) < 4.78 is 24.7. The van der Waals surface area contributed by atoms with E-state index >= 15 is 0 Å². The van der Waals surface area contributed by atoms with Gasteiger partial charge in [0.1, 0.15) is 0 Å². The molecule has 5 heteroatoms. The van der Waals surface area contributed by atoms with E-state index in [1.54, 1.807) is 30.3 Å². The van der Waals surface area contributed by atoms with Crippen LogP contribution in [0.25, 0.3) is 0 Å². The summed E-state index contributed by atoms with van der Waals surface area (Å²) in [5, 5.41) is 9.13. The van der Waals surface area contributed by atoms with Crippen LogP contribution in [-0.4, -0.2) is 19.5 Å². The molecule has 0 heterocycles. The van der Waals surface area contributed by atoms with E-state index in [0.717, 1.165) is 6.42 Å². The molecule has 0 spiro atoms. The molecule has 1 aliphatic rings. The van der Waals surface area contributed by atoms with Crippen molar-refractivity contribution in [3.63, 3.8) is 0 Å². The number of carboxylic acid groups (broad SMARTS) is 1. The van der Waals surface area contributed by atoms with E-state index in [1.165, 1.54) is 0 Å². The minimum absolute atomic E-state index is 0.0788. The normalized spacial score (nSPS) is 19.8. The van der Waals surface area contributed by atoms with Crippen LogP contribution in [0, 0.1) is 5.92 Å². The van der Waals surface area contributed by atoms with Crippen molar-refractivity contribution >= 4 is 15.8 Å². The fraction of sp³-hybridized carbons (Fsp3) is 0.357. The minimum atomic E-state index is -3.55. The Labute approximate surface area is 112 Å². The Bertz CT molecular complexity index is 587. The minimum Gasteiger partial charge on any atom is -0.481 e.